The second-order valence-corrected chi connectivity index (χ2v) is 5.50. The third kappa shape index (κ3) is 2.95. The lowest BCUT2D eigenvalue weighted by Crippen LogP contribution is -2.45. The topological polar surface area (TPSA) is 83.4 Å². The number of hydrogen-bond donors (Lipinski definition) is 1. The number of hydrogen-bond acceptors (Lipinski definition) is 4. The molecule has 1 N–H and O–H groups in total. The van der Waals surface area contributed by atoms with Crippen LogP contribution in [0.3, 0.4) is 0 Å². The summed E-state index contributed by atoms with van der Waals surface area (Å²) in [4.78, 5) is 33.5. The van der Waals surface area contributed by atoms with Crippen LogP contribution in [0.5, 0.6) is 0 Å². The zero-order chi connectivity index (χ0) is 14.9. The smallest absolute Gasteiger partial charge is 0.308 e. The SMILES string of the molecule is Cc1ncc(C(=O)N2CC(C)CC(C(=O)O)C2)c(C)n1. The fourth-order valence-corrected chi connectivity index (χ4v) is 2.66. The van der Waals surface area contributed by atoms with Gasteiger partial charge < -0.3 is 10.0 Å². The van der Waals surface area contributed by atoms with Gasteiger partial charge in [-0.15, -0.1) is 0 Å². The van der Waals surface area contributed by atoms with Gasteiger partial charge in [0.1, 0.15) is 5.82 Å². The normalized spacial score (nSPS) is 22.6. The van der Waals surface area contributed by atoms with Gasteiger partial charge in [0.15, 0.2) is 0 Å². The Morgan fingerprint density at radius 1 is 1.35 bits per heavy atom. The van der Waals surface area contributed by atoms with Crippen LogP contribution in [0.15, 0.2) is 6.20 Å². The van der Waals surface area contributed by atoms with E-state index in [0.717, 1.165) is 0 Å². The molecule has 1 amide bonds. The number of carbonyl (C=O) groups is 2. The Hall–Kier alpha value is -1.98. The first-order chi connectivity index (χ1) is 9.38. The second kappa shape index (κ2) is 5.56. The molecule has 1 aromatic heterocycles. The summed E-state index contributed by atoms with van der Waals surface area (Å²) < 4.78 is 0. The van der Waals surface area contributed by atoms with E-state index < -0.39 is 11.9 Å². The first-order valence-electron chi connectivity index (χ1n) is 6.70. The first kappa shape index (κ1) is 14.4. The van der Waals surface area contributed by atoms with E-state index in [-0.39, 0.29) is 18.4 Å². The highest BCUT2D eigenvalue weighted by Crippen LogP contribution is 2.23. The van der Waals surface area contributed by atoms with Crippen LogP contribution in [0.25, 0.3) is 0 Å². The molecule has 1 saturated heterocycles. The molecule has 2 rings (SSSR count). The number of carboxylic acids is 1. The second-order valence-electron chi connectivity index (χ2n) is 5.50. The lowest BCUT2D eigenvalue weighted by molar-refractivity contribution is -0.143. The van der Waals surface area contributed by atoms with E-state index in [2.05, 4.69) is 9.97 Å². The van der Waals surface area contributed by atoms with Crippen LogP contribution in [0.2, 0.25) is 0 Å². The summed E-state index contributed by atoms with van der Waals surface area (Å²) in [5, 5.41) is 9.15. The predicted octanol–water partition coefficient (Wildman–Crippen LogP) is 1.28. The molecule has 108 valence electrons. The minimum atomic E-state index is -0.841. The summed E-state index contributed by atoms with van der Waals surface area (Å²) in [6.07, 6.45) is 2.14. The van der Waals surface area contributed by atoms with E-state index >= 15 is 0 Å². The number of amides is 1. The third-order valence-electron chi connectivity index (χ3n) is 3.63. The number of nitrogens with zero attached hydrogens (tertiary/aromatic N) is 3. The van der Waals surface area contributed by atoms with Crippen LogP contribution in [-0.4, -0.2) is 44.9 Å². The molecule has 1 aromatic rings. The molecule has 1 fully saturated rings. The predicted molar refractivity (Wildman–Crippen MR) is 72.3 cm³/mol. The van der Waals surface area contributed by atoms with E-state index in [0.29, 0.717) is 30.0 Å². The van der Waals surface area contributed by atoms with Crippen molar-refractivity contribution in [3.05, 3.63) is 23.3 Å². The lowest BCUT2D eigenvalue weighted by atomic mass is 9.90. The van der Waals surface area contributed by atoms with Crippen LogP contribution >= 0.6 is 0 Å². The largest absolute Gasteiger partial charge is 0.481 e. The molecular weight excluding hydrogens is 258 g/mol. The van der Waals surface area contributed by atoms with Crippen molar-refractivity contribution in [1.29, 1.82) is 0 Å². The zero-order valence-electron chi connectivity index (χ0n) is 12.0. The van der Waals surface area contributed by atoms with Gasteiger partial charge in [-0.3, -0.25) is 9.59 Å². The molecule has 0 aromatic carbocycles. The van der Waals surface area contributed by atoms with Gasteiger partial charge in [-0.05, 0) is 26.2 Å². The van der Waals surface area contributed by atoms with Crippen LogP contribution < -0.4 is 0 Å². The molecule has 20 heavy (non-hydrogen) atoms. The Balaban J connectivity index is 2.21. The van der Waals surface area contributed by atoms with Crippen LogP contribution in [-0.2, 0) is 4.79 Å². The molecule has 0 radical (unpaired) electrons. The molecule has 6 nitrogen and oxygen atoms in total. The fraction of sp³-hybridized carbons (Fsp3) is 0.571. The molecule has 2 heterocycles. The van der Waals surface area contributed by atoms with Gasteiger partial charge in [0.05, 0.1) is 17.2 Å². The monoisotopic (exact) mass is 277 g/mol. The highest BCUT2D eigenvalue weighted by Gasteiger charge is 2.32. The van der Waals surface area contributed by atoms with Crippen molar-refractivity contribution < 1.29 is 14.7 Å². The molecule has 6 heteroatoms. The summed E-state index contributed by atoms with van der Waals surface area (Å²) in [5.74, 6) is -0.712. The highest BCUT2D eigenvalue weighted by molar-refractivity contribution is 5.95. The number of aliphatic carboxylic acids is 1. The average molecular weight is 277 g/mol. The van der Waals surface area contributed by atoms with E-state index in [9.17, 15) is 9.59 Å². The number of likely N-dealkylation sites (tertiary alicyclic amines) is 1. The van der Waals surface area contributed by atoms with Crippen LogP contribution in [0, 0.1) is 25.7 Å². The van der Waals surface area contributed by atoms with Gasteiger partial charge in [-0.1, -0.05) is 6.92 Å². The Bertz CT molecular complexity index is 544. The quantitative estimate of drug-likeness (QED) is 0.880. The average Bonchev–Trinajstić information content (AvgIpc) is 2.37. The Kier molecular flexibility index (Phi) is 4.01. The highest BCUT2D eigenvalue weighted by atomic mass is 16.4. The summed E-state index contributed by atoms with van der Waals surface area (Å²) in [6.45, 7) is 6.34. The van der Waals surface area contributed by atoms with Gasteiger partial charge in [-0.25, -0.2) is 9.97 Å². The van der Waals surface area contributed by atoms with E-state index in [1.165, 1.54) is 6.20 Å². The Morgan fingerprint density at radius 2 is 2.05 bits per heavy atom. The van der Waals surface area contributed by atoms with Crippen molar-refractivity contribution in [2.45, 2.75) is 27.2 Å². The molecule has 2 unspecified atom stereocenters. The molecule has 0 aliphatic carbocycles. The van der Waals surface area contributed by atoms with Crippen molar-refractivity contribution >= 4 is 11.9 Å². The van der Waals surface area contributed by atoms with Crippen molar-refractivity contribution in [3.63, 3.8) is 0 Å². The number of piperidine rings is 1. The number of aryl methyl sites for hydroxylation is 2. The van der Waals surface area contributed by atoms with Crippen molar-refractivity contribution in [2.75, 3.05) is 13.1 Å². The number of carbonyl (C=O) groups excluding carboxylic acids is 1. The molecule has 1 aliphatic heterocycles. The molecule has 2 atom stereocenters. The maximum atomic E-state index is 12.5. The van der Waals surface area contributed by atoms with Gasteiger partial charge in [-0.2, -0.15) is 0 Å². The van der Waals surface area contributed by atoms with Crippen LogP contribution in [0.1, 0.15) is 35.2 Å². The van der Waals surface area contributed by atoms with E-state index in [1.807, 2.05) is 6.92 Å². The minimum absolute atomic E-state index is 0.180. The van der Waals surface area contributed by atoms with Gasteiger partial charge in [0.2, 0.25) is 0 Å². The molecule has 0 spiro atoms. The fourth-order valence-electron chi connectivity index (χ4n) is 2.66. The number of aromatic nitrogens is 2. The van der Waals surface area contributed by atoms with E-state index in [4.69, 9.17) is 5.11 Å². The first-order valence-corrected chi connectivity index (χ1v) is 6.70. The minimum Gasteiger partial charge on any atom is -0.481 e. The maximum Gasteiger partial charge on any atom is 0.308 e. The summed E-state index contributed by atoms with van der Waals surface area (Å²) in [6, 6.07) is 0. The molecule has 1 aliphatic rings. The zero-order valence-corrected chi connectivity index (χ0v) is 12.0. The molecule has 0 bridgehead atoms. The molecular formula is C14H19N3O3. The van der Waals surface area contributed by atoms with Crippen molar-refractivity contribution in [1.82, 2.24) is 14.9 Å². The molecule has 0 saturated carbocycles. The van der Waals surface area contributed by atoms with Gasteiger partial charge in [0, 0.05) is 19.3 Å². The Morgan fingerprint density at radius 3 is 2.65 bits per heavy atom. The van der Waals surface area contributed by atoms with Crippen LogP contribution in [0.4, 0.5) is 0 Å². The van der Waals surface area contributed by atoms with Crippen molar-refractivity contribution in [2.24, 2.45) is 11.8 Å². The van der Waals surface area contributed by atoms with Gasteiger partial charge >= 0.3 is 5.97 Å². The van der Waals surface area contributed by atoms with E-state index in [1.54, 1.807) is 18.7 Å². The summed E-state index contributed by atoms with van der Waals surface area (Å²) in [5.41, 5.74) is 1.08. The van der Waals surface area contributed by atoms with Gasteiger partial charge in [0.25, 0.3) is 5.91 Å². The lowest BCUT2D eigenvalue weighted by Gasteiger charge is -2.34. The third-order valence-corrected chi connectivity index (χ3v) is 3.63. The summed E-state index contributed by atoms with van der Waals surface area (Å²) >= 11 is 0. The Labute approximate surface area is 117 Å². The van der Waals surface area contributed by atoms with Crippen molar-refractivity contribution in [3.8, 4) is 0 Å². The summed E-state index contributed by atoms with van der Waals surface area (Å²) in [7, 11) is 0. The maximum absolute atomic E-state index is 12.5. The number of rotatable bonds is 2. The number of carboxylic acid groups (broad SMARTS) is 1. The standard InChI is InChI=1S/C14H19N3O3/c1-8-4-11(14(19)20)7-17(6-8)13(18)12-5-15-10(3)16-9(12)2/h5,8,11H,4,6-7H2,1-3H3,(H,19,20).